The second-order valence-electron chi connectivity index (χ2n) is 7.40. The Morgan fingerprint density at radius 3 is 2.86 bits per heavy atom. The largest absolute Gasteiger partial charge is 0.349 e. The second-order valence-corrected chi connectivity index (χ2v) is 7.40. The third-order valence-electron chi connectivity index (χ3n) is 4.85. The van der Waals surface area contributed by atoms with E-state index in [4.69, 9.17) is 5.26 Å². The fraction of sp³-hybridized carbons (Fsp3) is 0.429. The molecule has 0 saturated carbocycles. The summed E-state index contributed by atoms with van der Waals surface area (Å²) >= 11 is 0. The number of anilines is 1. The minimum Gasteiger partial charge on any atom is -0.349 e. The molecule has 2 N–H and O–H groups in total. The van der Waals surface area contributed by atoms with Gasteiger partial charge in [-0.15, -0.1) is 0 Å². The third-order valence-corrected chi connectivity index (χ3v) is 4.85. The van der Waals surface area contributed by atoms with Crippen LogP contribution in [0.2, 0.25) is 0 Å². The van der Waals surface area contributed by atoms with Crippen molar-refractivity contribution in [3.8, 4) is 6.07 Å². The molecule has 0 radical (unpaired) electrons. The molecule has 0 atom stereocenters. The smallest absolute Gasteiger partial charge is 0.287 e. The lowest BCUT2D eigenvalue weighted by molar-refractivity contribution is 0.0936. The molecule has 29 heavy (non-hydrogen) atoms. The van der Waals surface area contributed by atoms with Crippen molar-refractivity contribution < 1.29 is 9.59 Å². The van der Waals surface area contributed by atoms with E-state index in [0.717, 1.165) is 31.5 Å². The van der Waals surface area contributed by atoms with Gasteiger partial charge in [0.1, 0.15) is 0 Å². The van der Waals surface area contributed by atoms with E-state index in [0.29, 0.717) is 36.6 Å². The number of imidazole rings is 1. The third kappa shape index (κ3) is 5.00. The van der Waals surface area contributed by atoms with Gasteiger partial charge >= 0.3 is 0 Å². The summed E-state index contributed by atoms with van der Waals surface area (Å²) in [6.45, 7) is 2.12. The molecule has 1 aromatic heterocycles. The summed E-state index contributed by atoms with van der Waals surface area (Å²) in [6, 6.07) is 8.77. The topological polar surface area (TPSA) is 103 Å². The van der Waals surface area contributed by atoms with Gasteiger partial charge in [-0.05, 0) is 64.5 Å². The minimum absolute atomic E-state index is 0.252. The summed E-state index contributed by atoms with van der Waals surface area (Å²) in [4.78, 5) is 32.0. The molecule has 8 heteroatoms. The molecule has 2 heterocycles. The maximum absolute atomic E-state index is 12.8. The average molecular weight is 394 g/mol. The Morgan fingerprint density at radius 1 is 1.28 bits per heavy atom. The van der Waals surface area contributed by atoms with Crippen molar-refractivity contribution in [1.82, 2.24) is 19.8 Å². The number of nitrogens with one attached hydrogen (secondary N) is 2. The summed E-state index contributed by atoms with van der Waals surface area (Å²) < 4.78 is 1.87. The lowest BCUT2D eigenvalue weighted by atomic mass is 10.1. The molecular formula is C21H26N6O2. The molecule has 152 valence electrons. The number of carbonyl (C=O) groups is 2. The van der Waals surface area contributed by atoms with Crippen molar-refractivity contribution in [2.45, 2.75) is 32.2 Å². The van der Waals surface area contributed by atoms with Gasteiger partial charge in [-0.25, -0.2) is 4.98 Å². The molecule has 0 spiro atoms. The molecule has 1 aromatic carbocycles. The maximum atomic E-state index is 12.8. The Morgan fingerprint density at radius 2 is 2.10 bits per heavy atom. The summed E-state index contributed by atoms with van der Waals surface area (Å²) in [5.41, 5.74) is 2.07. The number of hydrogen-bond acceptors (Lipinski definition) is 5. The number of benzene rings is 1. The lowest BCUT2D eigenvalue weighted by Crippen LogP contribution is -2.30. The number of rotatable bonds is 7. The van der Waals surface area contributed by atoms with E-state index in [1.54, 1.807) is 24.3 Å². The van der Waals surface area contributed by atoms with Gasteiger partial charge in [-0.3, -0.25) is 9.59 Å². The van der Waals surface area contributed by atoms with Crippen LogP contribution in [0.5, 0.6) is 0 Å². The highest BCUT2D eigenvalue weighted by Crippen LogP contribution is 2.22. The van der Waals surface area contributed by atoms with Crippen LogP contribution in [-0.2, 0) is 13.0 Å². The van der Waals surface area contributed by atoms with Gasteiger partial charge in [-0.2, -0.15) is 5.26 Å². The Bertz CT molecular complexity index is 941. The zero-order valence-corrected chi connectivity index (χ0v) is 16.9. The molecule has 3 rings (SSSR count). The number of hydrogen-bond donors (Lipinski definition) is 2. The van der Waals surface area contributed by atoms with Crippen LogP contribution in [-0.4, -0.2) is 53.5 Å². The summed E-state index contributed by atoms with van der Waals surface area (Å²) in [7, 11) is 3.98. The highest BCUT2D eigenvalue weighted by atomic mass is 16.2. The number of aromatic nitrogens is 2. The molecule has 0 bridgehead atoms. The Labute approximate surface area is 170 Å². The van der Waals surface area contributed by atoms with E-state index in [2.05, 4.69) is 26.6 Å². The van der Waals surface area contributed by atoms with Gasteiger partial charge in [0.15, 0.2) is 11.5 Å². The van der Waals surface area contributed by atoms with E-state index in [9.17, 15) is 9.59 Å². The number of nitriles is 1. The zero-order chi connectivity index (χ0) is 20.8. The molecule has 2 amide bonds. The number of carbonyl (C=O) groups excluding carboxylic acids is 2. The number of amides is 2. The second kappa shape index (κ2) is 9.34. The van der Waals surface area contributed by atoms with E-state index in [1.807, 2.05) is 18.7 Å². The Hall–Kier alpha value is -3.18. The van der Waals surface area contributed by atoms with Crippen LogP contribution in [0.15, 0.2) is 24.3 Å². The molecule has 1 aliphatic rings. The Kier molecular flexibility index (Phi) is 6.62. The minimum atomic E-state index is -0.364. The van der Waals surface area contributed by atoms with Gasteiger partial charge in [0.2, 0.25) is 0 Å². The molecule has 1 aliphatic heterocycles. The molecule has 2 aromatic rings. The number of nitrogens with zero attached hydrogens (tertiary/aromatic N) is 4. The summed E-state index contributed by atoms with van der Waals surface area (Å²) in [5.74, 6) is -0.324. The van der Waals surface area contributed by atoms with E-state index in [1.165, 1.54) is 0 Å². The quantitative estimate of drug-likeness (QED) is 0.700. The molecule has 8 nitrogen and oxygen atoms in total. The van der Waals surface area contributed by atoms with Crippen LogP contribution >= 0.6 is 0 Å². The van der Waals surface area contributed by atoms with Crippen LogP contribution in [0.4, 0.5) is 5.69 Å². The Balaban J connectivity index is 1.77. The standard InChI is InChI=1S/C21H26N6O2/c1-26(2)11-6-10-23-21(29)19-25-18(17-9-3-4-12-27(17)19)20(28)24-16-8-5-7-15(13-16)14-22/h5,7-8,13H,3-4,6,9-12H2,1-2H3,(H,23,29)(H,24,28). The van der Waals surface area contributed by atoms with Gasteiger partial charge in [-0.1, -0.05) is 6.07 Å². The first kappa shape index (κ1) is 20.6. The average Bonchev–Trinajstić information content (AvgIpc) is 3.11. The van der Waals surface area contributed by atoms with Crippen LogP contribution < -0.4 is 10.6 Å². The molecule has 0 fully saturated rings. The van der Waals surface area contributed by atoms with E-state index in [-0.39, 0.29) is 17.5 Å². The van der Waals surface area contributed by atoms with Crippen LogP contribution in [0.25, 0.3) is 0 Å². The van der Waals surface area contributed by atoms with Gasteiger partial charge in [0.05, 0.1) is 17.3 Å². The predicted molar refractivity (Wildman–Crippen MR) is 110 cm³/mol. The van der Waals surface area contributed by atoms with Crippen LogP contribution in [0.3, 0.4) is 0 Å². The molecule has 0 aliphatic carbocycles. The monoisotopic (exact) mass is 394 g/mol. The van der Waals surface area contributed by atoms with Crippen LogP contribution in [0, 0.1) is 11.3 Å². The lowest BCUT2D eigenvalue weighted by Gasteiger charge is -2.17. The maximum Gasteiger partial charge on any atom is 0.287 e. The predicted octanol–water partition coefficient (Wildman–Crippen LogP) is 2.02. The van der Waals surface area contributed by atoms with Crippen molar-refractivity contribution >= 4 is 17.5 Å². The summed E-state index contributed by atoms with van der Waals surface area (Å²) in [6.07, 6.45) is 3.46. The molecule has 0 unspecified atom stereocenters. The van der Waals surface area contributed by atoms with Crippen molar-refractivity contribution in [2.24, 2.45) is 0 Å². The first-order valence-electron chi connectivity index (χ1n) is 9.83. The fourth-order valence-corrected chi connectivity index (χ4v) is 3.43. The highest BCUT2D eigenvalue weighted by molar-refractivity contribution is 6.05. The molecular weight excluding hydrogens is 368 g/mol. The van der Waals surface area contributed by atoms with Crippen molar-refractivity contribution in [2.75, 3.05) is 32.5 Å². The van der Waals surface area contributed by atoms with E-state index < -0.39 is 0 Å². The van der Waals surface area contributed by atoms with E-state index >= 15 is 0 Å². The zero-order valence-electron chi connectivity index (χ0n) is 16.9. The van der Waals surface area contributed by atoms with Crippen molar-refractivity contribution in [3.05, 3.63) is 47.0 Å². The number of fused-ring (bicyclic) bond motifs is 1. The van der Waals surface area contributed by atoms with Crippen molar-refractivity contribution in [1.29, 1.82) is 5.26 Å². The van der Waals surface area contributed by atoms with Crippen molar-refractivity contribution in [3.63, 3.8) is 0 Å². The van der Waals surface area contributed by atoms with Gasteiger partial charge in [0, 0.05) is 18.8 Å². The van der Waals surface area contributed by atoms with Gasteiger partial charge < -0.3 is 20.1 Å². The highest BCUT2D eigenvalue weighted by Gasteiger charge is 2.27. The SMILES string of the molecule is CN(C)CCCNC(=O)c1nc(C(=O)Nc2cccc(C#N)c2)c2n1CCCC2. The van der Waals surface area contributed by atoms with Crippen LogP contribution in [0.1, 0.15) is 51.6 Å². The van der Waals surface area contributed by atoms with Gasteiger partial charge in [0.25, 0.3) is 11.8 Å². The fourth-order valence-electron chi connectivity index (χ4n) is 3.43. The summed E-state index contributed by atoms with van der Waals surface area (Å²) in [5, 5.41) is 14.7. The molecule has 0 saturated heterocycles. The normalized spacial score (nSPS) is 12.9. The first-order valence-corrected chi connectivity index (χ1v) is 9.83. The first-order chi connectivity index (χ1) is 14.0.